The molecule has 2 heterocycles. The molecule has 0 radical (unpaired) electrons. The number of nitrogens with two attached hydrogens (primary N) is 1. The van der Waals surface area contributed by atoms with E-state index in [1.165, 1.54) is 0 Å². The number of aliphatic hydroxyl groups excluding tert-OH is 1. The number of rotatable bonds is 2. The van der Waals surface area contributed by atoms with Crippen molar-refractivity contribution in [2.24, 2.45) is 5.73 Å². The summed E-state index contributed by atoms with van der Waals surface area (Å²) >= 11 is 0. The largest absolute Gasteiger partial charge is 0.490 e. The zero-order chi connectivity index (χ0) is 14.8. The molecule has 0 spiro atoms. The van der Waals surface area contributed by atoms with Crippen LogP contribution in [0.1, 0.15) is 24.4 Å². The number of fused-ring (bicyclic) bond motifs is 1. The summed E-state index contributed by atoms with van der Waals surface area (Å²) in [6.07, 6.45) is 0.0778. The standard InChI is InChI=1S/C15H20N2O4/c16-15(19)21-10-5-7-17(8-6-10)14-11-3-1-2-4-13(11)20-9-12(14)18/h1-4,10,12,14,18H,5-9H2,(H2,16,19)/t12-,14-/m1/s1. The number of carbonyl (C=O) groups is 1. The molecule has 2 aliphatic rings. The SMILES string of the molecule is NC(=O)OC1CCN([C@@H]2c3ccccc3OC[C@H]2O)CC1. The van der Waals surface area contributed by atoms with Crippen molar-refractivity contribution in [3.8, 4) is 5.75 Å². The van der Waals surface area contributed by atoms with E-state index in [0.29, 0.717) is 6.61 Å². The summed E-state index contributed by atoms with van der Waals surface area (Å²) in [5.74, 6) is 0.836. The Labute approximate surface area is 123 Å². The summed E-state index contributed by atoms with van der Waals surface area (Å²) in [6.45, 7) is 1.82. The van der Waals surface area contributed by atoms with E-state index in [-0.39, 0.29) is 12.1 Å². The zero-order valence-electron chi connectivity index (χ0n) is 11.8. The van der Waals surface area contributed by atoms with Gasteiger partial charge in [-0.25, -0.2) is 4.79 Å². The van der Waals surface area contributed by atoms with Crippen molar-refractivity contribution in [2.45, 2.75) is 31.1 Å². The molecule has 1 aromatic rings. The maximum Gasteiger partial charge on any atom is 0.404 e. The number of para-hydroxylation sites is 1. The van der Waals surface area contributed by atoms with Crippen molar-refractivity contribution in [3.05, 3.63) is 29.8 Å². The minimum atomic E-state index is -0.718. The molecule has 1 fully saturated rings. The Hall–Kier alpha value is -1.79. The Kier molecular flexibility index (Phi) is 3.98. The number of primary amides is 1. The molecule has 0 aliphatic carbocycles. The van der Waals surface area contributed by atoms with Crippen LogP contribution < -0.4 is 10.5 Å². The second-order valence-electron chi connectivity index (χ2n) is 5.53. The minimum Gasteiger partial charge on any atom is -0.490 e. The van der Waals surface area contributed by atoms with Gasteiger partial charge >= 0.3 is 6.09 Å². The van der Waals surface area contributed by atoms with Gasteiger partial charge in [-0.3, -0.25) is 4.90 Å². The monoisotopic (exact) mass is 292 g/mol. The van der Waals surface area contributed by atoms with Gasteiger partial charge in [-0.1, -0.05) is 18.2 Å². The molecule has 3 rings (SSSR count). The smallest absolute Gasteiger partial charge is 0.404 e. The summed E-state index contributed by atoms with van der Waals surface area (Å²) in [7, 11) is 0. The van der Waals surface area contributed by atoms with Crippen LogP contribution in [0.25, 0.3) is 0 Å². The molecule has 1 saturated heterocycles. The number of hydrogen-bond donors (Lipinski definition) is 2. The van der Waals surface area contributed by atoms with Crippen LogP contribution >= 0.6 is 0 Å². The highest BCUT2D eigenvalue weighted by atomic mass is 16.6. The first-order valence-electron chi connectivity index (χ1n) is 7.25. The molecule has 0 saturated carbocycles. The van der Waals surface area contributed by atoms with E-state index in [1.807, 2.05) is 24.3 Å². The van der Waals surface area contributed by atoms with Gasteiger partial charge in [-0.05, 0) is 18.9 Å². The van der Waals surface area contributed by atoms with E-state index in [4.69, 9.17) is 15.2 Å². The van der Waals surface area contributed by atoms with Crippen LogP contribution in [0.4, 0.5) is 4.79 Å². The van der Waals surface area contributed by atoms with E-state index in [2.05, 4.69) is 4.90 Å². The molecule has 2 atom stereocenters. The van der Waals surface area contributed by atoms with Gasteiger partial charge < -0.3 is 20.3 Å². The summed E-state index contributed by atoms with van der Waals surface area (Å²) < 4.78 is 10.6. The third-order valence-corrected chi connectivity index (χ3v) is 4.16. The van der Waals surface area contributed by atoms with Gasteiger partial charge in [-0.2, -0.15) is 0 Å². The summed E-state index contributed by atoms with van der Waals surface area (Å²) in [5, 5.41) is 10.3. The Bertz CT molecular complexity index is 514. The molecular weight excluding hydrogens is 272 g/mol. The van der Waals surface area contributed by atoms with E-state index < -0.39 is 12.2 Å². The van der Waals surface area contributed by atoms with Gasteiger partial charge in [0.2, 0.25) is 0 Å². The predicted octanol–water partition coefficient (Wildman–Crippen LogP) is 1.04. The molecule has 0 bridgehead atoms. The molecule has 114 valence electrons. The van der Waals surface area contributed by atoms with Crippen LogP contribution in [-0.2, 0) is 4.74 Å². The Balaban J connectivity index is 1.71. The Morgan fingerprint density at radius 1 is 1.33 bits per heavy atom. The van der Waals surface area contributed by atoms with Gasteiger partial charge in [0, 0.05) is 18.7 Å². The van der Waals surface area contributed by atoms with Crippen LogP contribution in [0.2, 0.25) is 0 Å². The topological polar surface area (TPSA) is 85.0 Å². The lowest BCUT2D eigenvalue weighted by atomic mass is 9.94. The molecule has 2 aliphatic heterocycles. The van der Waals surface area contributed by atoms with Crippen molar-refractivity contribution in [1.29, 1.82) is 0 Å². The van der Waals surface area contributed by atoms with Gasteiger partial charge in [0.15, 0.2) is 0 Å². The molecule has 21 heavy (non-hydrogen) atoms. The Morgan fingerprint density at radius 2 is 2.05 bits per heavy atom. The lowest BCUT2D eigenvalue weighted by molar-refractivity contribution is -0.0258. The highest BCUT2D eigenvalue weighted by Crippen LogP contribution is 2.37. The third-order valence-electron chi connectivity index (χ3n) is 4.16. The fraction of sp³-hybridized carbons (Fsp3) is 0.533. The van der Waals surface area contributed by atoms with Crippen molar-refractivity contribution in [1.82, 2.24) is 4.90 Å². The second-order valence-corrected chi connectivity index (χ2v) is 5.53. The average Bonchev–Trinajstić information content (AvgIpc) is 2.48. The fourth-order valence-corrected chi connectivity index (χ4v) is 3.21. The van der Waals surface area contributed by atoms with E-state index in [0.717, 1.165) is 37.2 Å². The minimum absolute atomic E-state index is 0.0653. The predicted molar refractivity (Wildman–Crippen MR) is 75.9 cm³/mol. The van der Waals surface area contributed by atoms with Crippen molar-refractivity contribution in [3.63, 3.8) is 0 Å². The normalized spacial score (nSPS) is 26.7. The van der Waals surface area contributed by atoms with Crippen molar-refractivity contribution < 1.29 is 19.4 Å². The first kappa shape index (κ1) is 14.2. The summed E-state index contributed by atoms with van der Waals surface area (Å²) in [5.41, 5.74) is 6.07. The number of piperidine rings is 1. The Morgan fingerprint density at radius 3 is 2.76 bits per heavy atom. The van der Waals surface area contributed by atoms with E-state index in [1.54, 1.807) is 0 Å². The number of benzene rings is 1. The van der Waals surface area contributed by atoms with Crippen LogP contribution in [0.15, 0.2) is 24.3 Å². The van der Waals surface area contributed by atoms with Gasteiger partial charge in [0.1, 0.15) is 24.6 Å². The maximum absolute atomic E-state index is 10.8. The van der Waals surface area contributed by atoms with E-state index in [9.17, 15) is 9.90 Å². The number of carbonyl (C=O) groups excluding carboxylic acids is 1. The number of likely N-dealkylation sites (tertiary alicyclic amines) is 1. The number of hydrogen-bond acceptors (Lipinski definition) is 5. The van der Waals surface area contributed by atoms with Crippen molar-refractivity contribution >= 4 is 6.09 Å². The van der Waals surface area contributed by atoms with Crippen LogP contribution in [-0.4, -0.2) is 48.0 Å². The van der Waals surface area contributed by atoms with Crippen molar-refractivity contribution in [2.75, 3.05) is 19.7 Å². The maximum atomic E-state index is 10.8. The molecule has 0 aromatic heterocycles. The van der Waals surface area contributed by atoms with Crippen LogP contribution in [0.3, 0.4) is 0 Å². The second kappa shape index (κ2) is 5.91. The summed E-state index contributed by atoms with van der Waals surface area (Å²) in [4.78, 5) is 13.0. The third kappa shape index (κ3) is 2.96. The highest BCUT2D eigenvalue weighted by molar-refractivity contribution is 5.64. The fourth-order valence-electron chi connectivity index (χ4n) is 3.21. The highest BCUT2D eigenvalue weighted by Gasteiger charge is 2.36. The lowest BCUT2D eigenvalue weighted by Crippen LogP contribution is -2.47. The molecule has 1 amide bonds. The van der Waals surface area contributed by atoms with Gasteiger partial charge in [0.25, 0.3) is 0 Å². The van der Waals surface area contributed by atoms with E-state index >= 15 is 0 Å². The number of aliphatic hydroxyl groups is 1. The van der Waals surface area contributed by atoms with Gasteiger partial charge in [0.05, 0.1) is 6.04 Å². The molecule has 3 N–H and O–H groups in total. The van der Waals surface area contributed by atoms with Gasteiger partial charge in [-0.15, -0.1) is 0 Å². The molecule has 0 unspecified atom stereocenters. The average molecular weight is 292 g/mol. The first-order valence-corrected chi connectivity index (χ1v) is 7.25. The van der Waals surface area contributed by atoms with Crippen LogP contribution in [0.5, 0.6) is 5.75 Å². The molecular formula is C15H20N2O4. The number of amides is 1. The quantitative estimate of drug-likeness (QED) is 0.850. The zero-order valence-corrected chi connectivity index (χ0v) is 11.8. The molecule has 6 nitrogen and oxygen atoms in total. The number of ether oxygens (including phenoxy) is 2. The molecule has 6 heteroatoms. The molecule has 1 aromatic carbocycles. The first-order chi connectivity index (χ1) is 10.1. The van der Waals surface area contributed by atoms with Crippen LogP contribution in [0, 0.1) is 0 Å². The lowest BCUT2D eigenvalue weighted by Gasteiger charge is -2.41. The summed E-state index contributed by atoms with van der Waals surface area (Å²) in [6, 6.07) is 7.74. The number of nitrogens with zero attached hydrogens (tertiary/aromatic N) is 1.